The molecule has 0 heterocycles. The minimum absolute atomic E-state index is 0.252. The predicted octanol–water partition coefficient (Wildman–Crippen LogP) is 5.46. The van der Waals surface area contributed by atoms with E-state index in [1.807, 2.05) is 24.3 Å². The lowest BCUT2D eigenvalue weighted by atomic mass is 10.2. The fourth-order valence-electron chi connectivity index (χ4n) is 2.79. The summed E-state index contributed by atoms with van der Waals surface area (Å²) in [5.41, 5.74) is 4.34. The van der Waals surface area contributed by atoms with E-state index in [4.69, 9.17) is 25.8 Å². The van der Waals surface area contributed by atoms with Gasteiger partial charge in [0.05, 0.1) is 26.0 Å². The van der Waals surface area contributed by atoms with E-state index < -0.39 is 5.91 Å². The molecule has 0 fully saturated rings. The van der Waals surface area contributed by atoms with Crippen molar-refractivity contribution in [3.05, 3.63) is 86.8 Å². The Hall–Kier alpha value is -3.03. The first-order valence-corrected chi connectivity index (χ1v) is 10.4. The highest BCUT2D eigenvalue weighted by atomic mass is 79.9. The van der Waals surface area contributed by atoms with E-state index in [1.54, 1.807) is 43.5 Å². The van der Waals surface area contributed by atoms with Gasteiger partial charge in [0.15, 0.2) is 11.5 Å². The first-order chi connectivity index (χ1) is 15.0. The lowest BCUT2D eigenvalue weighted by Gasteiger charge is -2.14. The van der Waals surface area contributed by atoms with Crippen LogP contribution in [-0.4, -0.2) is 26.3 Å². The van der Waals surface area contributed by atoms with Crippen LogP contribution in [-0.2, 0) is 6.61 Å². The Morgan fingerprint density at radius 3 is 2.58 bits per heavy atom. The molecule has 31 heavy (non-hydrogen) atoms. The molecule has 3 rings (SSSR count). The van der Waals surface area contributed by atoms with E-state index in [0.29, 0.717) is 33.4 Å². The smallest absolute Gasteiger partial charge is 0.275 e. The van der Waals surface area contributed by atoms with Crippen molar-refractivity contribution < 1.29 is 19.0 Å². The number of carbonyl (C=O) groups excluding carboxylic acids is 1. The second-order valence-corrected chi connectivity index (χ2v) is 7.63. The molecule has 1 N–H and O–H groups in total. The van der Waals surface area contributed by atoms with Crippen LogP contribution in [0.4, 0.5) is 0 Å². The van der Waals surface area contributed by atoms with Crippen LogP contribution in [0.15, 0.2) is 70.2 Å². The topological polar surface area (TPSA) is 69.2 Å². The SMILES string of the molecule is COc1ccc(Br)cc1C(=O)N/N=C\c1cccc(OC)c1OCc1ccccc1Cl. The molecule has 6 nitrogen and oxygen atoms in total. The molecule has 1 amide bonds. The monoisotopic (exact) mass is 502 g/mol. The number of hydrazone groups is 1. The first-order valence-electron chi connectivity index (χ1n) is 9.23. The lowest BCUT2D eigenvalue weighted by molar-refractivity contribution is 0.0952. The molecule has 0 unspecified atom stereocenters. The van der Waals surface area contributed by atoms with Crippen LogP contribution >= 0.6 is 27.5 Å². The molecule has 0 atom stereocenters. The summed E-state index contributed by atoms with van der Waals surface area (Å²) in [6.07, 6.45) is 1.49. The Labute approximate surface area is 193 Å². The number of nitrogens with zero attached hydrogens (tertiary/aromatic N) is 1. The van der Waals surface area contributed by atoms with E-state index in [0.717, 1.165) is 10.0 Å². The number of methoxy groups -OCH3 is 2. The van der Waals surface area contributed by atoms with Gasteiger partial charge in [-0.2, -0.15) is 5.10 Å². The number of hydrogen-bond acceptors (Lipinski definition) is 5. The Morgan fingerprint density at radius 1 is 1.06 bits per heavy atom. The highest BCUT2D eigenvalue weighted by Gasteiger charge is 2.13. The van der Waals surface area contributed by atoms with Crippen LogP contribution in [0.1, 0.15) is 21.5 Å². The molecule has 0 aliphatic heterocycles. The van der Waals surface area contributed by atoms with Crippen molar-refractivity contribution in [2.24, 2.45) is 5.10 Å². The van der Waals surface area contributed by atoms with E-state index in [-0.39, 0.29) is 6.61 Å². The summed E-state index contributed by atoms with van der Waals surface area (Å²) >= 11 is 9.57. The summed E-state index contributed by atoms with van der Waals surface area (Å²) < 4.78 is 17.4. The maximum Gasteiger partial charge on any atom is 0.275 e. The Kier molecular flexibility index (Phi) is 7.92. The zero-order chi connectivity index (χ0) is 22.2. The van der Waals surface area contributed by atoms with Crippen molar-refractivity contribution in [1.82, 2.24) is 5.43 Å². The molecule has 160 valence electrons. The number of carbonyl (C=O) groups is 1. The molecule has 0 radical (unpaired) electrons. The number of halogens is 2. The average Bonchev–Trinajstić information content (AvgIpc) is 2.78. The molecule has 0 spiro atoms. The average molecular weight is 504 g/mol. The number of nitrogens with one attached hydrogen (secondary N) is 1. The molecule has 3 aromatic carbocycles. The largest absolute Gasteiger partial charge is 0.496 e. The van der Waals surface area contributed by atoms with Crippen LogP contribution in [0.5, 0.6) is 17.2 Å². The van der Waals surface area contributed by atoms with Crippen LogP contribution in [0.2, 0.25) is 5.02 Å². The summed E-state index contributed by atoms with van der Waals surface area (Å²) in [6, 6.07) is 18.0. The second kappa shape index (κ2) is 10.8. The van der Waals surface area contributed by atoms with Gasteiger partial charge in [-0.05, 0) is 36.4 Å². The number of amides is 1. The molecule has 0 saturated carbocycles. The summed E-state index contributed by atoms with van der Waals surface area (Å²) in [5.74, 6) is 1.07. The summed E-state index contributed by atoms with van der Waals surface area (Å²) in [6.45, 7) is 0.252. The summed E-state index contributed by atoms with van der Waals surface area (Å²) in [5, 5.41) is 4.69. The highest BCUT2D eigenvalue weighted by molar-refractivity contribution is 9.10. The third-order valence-electron chi connectivity index (χ3n) is 4.34. The summed E-state index contributed by atoms with van der Waals surface area (Å²) in [4.78, 5) is 12.5. The predicted molar refractivity (Wildman–Crippen MR) is 125 cm³/mol. The van der Waals surface area contributed by atoms with Crippen molar-refractivity contribution >= 4 is 39.7 Å². The zero-order valence-electron chi connectivity index (χ0n) is 16.9. The lowest BCUT2D eigenvalue weighted by Crippen LogP contribution is -2.18. The van der Waals surface area contributed by atoms with Crippen molar-refractivity contribution in [1.29, 1.82) is 0 Å². The van der Waals surface area contributed by atoms with Crippen molar-refractivity contribution in [2.45, 2.75) is 6.61 Å². The fraction of sp³-hybridized carbons (Fsp3) is 0.130. The van der Waals surface area contributed by atoms with E-state index >= 15 is 0 Å². The third-order valence-corrected chi connectivity index (χ3v) is 5.20. The standard InChI is InChI=1S/C23H20BrClN2O4/c1-29-20-11-10-17(24)12-18(20)23(28)27-26-13-15-7-5-9-21(30-2)22(15)31-14-16-6-3-4-8-19(16)25/h3-13H,14H2,1-2H3,(H,27,28)/b26-13-. The highest BCUT2D eigenvalue weighted by Crippen LogP contribution is 2.31. The Balaban J connectivity index is 1.78. The van der Waals surface area contributed by atoms with Crippen molar-refractivity contribution in [2.75, 3.05) is 14.2 Å². The molecule has 8 heteroatoms. The van der Waals surface area contributed by atoms with Gasteiger partial charge in [0.25, 0.3) is 5.91 Å². The number of benzene rings is 3. The second-order valence-electron chi connectivity index (χ2n) is 6.30. The van der Waals surface area contributed by atoms with Gasteiger partial charge in [-0.15, -0.1) is 0 Å². The van der Waals surface area contributed by atoms with Gasteiger partial charge in [-0.25, -0.2) is 5.43 Å². The number of hydrogen-bond donors (Lipinski definition) is 1. The van der Waals surface area contributed by atoms with E-state index in [1.165, 1.54) is 13.3 Å². The molecule has 0 aromatic heterocycles. The van der Waals surface area contributed by atoms with Crippen molar-refractivity contribution in [3.63, 3.8) is 0 Å². The van der Waals surface area contributed by atoms with Crippen LogP contribution in [0.25, 0.3) is 0 Å². The molecule has 0 aliphatic rings. The maximum absolute atomic E-state index is 12.5. The normalized spacial score (nSPS) is 10.7. The number of rotatable bonds is 8. The van der Waals surface area contributed by atoms with Gasteiger partial charge in [0.2, 0.25) is 0 Å². The Bertz CT molecular complexity index is 1100. The Morgan fingerprint density at radius 2 is 1.84 bits per heavy atom. The minimum Gasteiger partial charge on any atom is -0.496 e. The van der Waals surface area contributed by atoms with Crippen LogP contribution < -0.4 is 19.6 Å². The summed E-state index contributed by atoms with van der Waals surface area (Å²) in [7, 11) is 3.06. The quantitative estimate of drug-likeness (QED) is 0.327. The molecule has 0 bridgehead atoms. The van der Waals surface area contributed by atoms with E-state index in [9.17, 15) is 4.79 Å². The molecular weight excluding hydrogens is 484 g/mol. The molecule has 0 aliphatic carbocycles. The van der Waals surface area contributed by atoms with Gasteiger partial charge < -0.3 is 14.2 Å². The first kappa shape index (κ1) is 22.7. The van der Waals surface area contributed by atoms with Gasteiger partial charge in [-0.3, -0.25) is 4.79 Å². The van der Waals surface area contributed by atoms with Gasteiger partial charge >= 0.3 is 0 Å². The van der Waals surface area contributed by atoms with Gasteiger partial charge in [0.1, 0.15) is 12.4 Å². The zero-order valence-corrected chi connectivity index (χ0v) is 19.2. The molecular formula is C23H20BrClN2O4. The number of ether oxygens (including phenoxy) is 3. The van der Waals surface area contributed by atoms with Crippen molar-refractivity contribution in [3.8, 4) is 17.2 Å². The minimum atomic E-state index is -0.407. The molecule has 3 aromatic rings. The van der Waals surface area contributed by atoms with Crippen LogP contribution in [0, 0.1) is 0 Å². The fourth-order valence-corrected chi connectivity index (χ4v) is 3.34. The third kappa shape index (κ3) is 5.77. The molecule has 0 saturated heterocycles. The van der Waals surface area contributed by atoms with Gasteiger partial charge in [-0.1, -0.05) is 51.8 Å². The van der Waals surface area contributed by atoms with Crippen LogP contribution in [0.3, 0.4) is 0 Å². The number of para-hydroxylation sites is 1. The van der Waals surface area contributed by atoms with Gasteiger partial charge in [0, 0.05) is 20.6 Å². The van der Waals surface area contributed by atoms with E-state index in [2.05, 4.69) is 26.5 Å². The maximum atomic E-state index is 12.5.